The second-order valence-corrected chi connectivity index (χ2v) is 4.84. The molecule has 0 aliphatic rings. The number of anilines is 1. The number of hydrogen-bond donors (Lipinski definition) is 1. The van der Waals surface area contributed by atoms with Gasteiger partial charge in [0.25, 0.3) is 5.91 Å². The molecule has 0 spiro atoms. The summed E-state index contributed by atoms with van der Waals surface area (Å²) in [5.74, 6) is -0.308. The fourth-order valence-corrected chi connectivity index (χ4v) is 1.93. The Morgan fingerprint density at radius 2 is 1.84 bits per heavy atom. The van der Waals surface area contributed by atoms with Crippen molar-refractivity contribution in [3.8, 4) is 17.6 Å². The number of hydrogen-bond acceptors (Lipinski definition) is 6. The molecule has 2 rings (SSSR count). The van der Waals surface area contributed by atoms with Crippen molar-refractivity contribution in [2.75, 3.05) is 25.6 Å². The van der Waals surface area contributed by atoms with Gasteiger partial charge in [0.1, 0.15) is 0 Å². The average Bonchev–Trinajstić information content (AvgIpc) is 2.65. The lowest BCUT2D eigenvalue weighted by Gasteiger charge is -2.10. The maximum Gasteiger partial charge on any atom is 0.344 e. The molecule has 1 N–H and O–H groups in total. The third-order valence-corrected chi connectivity index (χ3v) is 3.05. The standard InChI is InChI=1S/C18H16N2O5/c1-23-15-7-2-3-8-16(15)24-12-18(22)25-11-17(21)20-14-6-4-5-13(9-14)10-19/h2-9H,11-12H2,1H3,(H,20,21). The van der Waals surface area contributed by atoms with Gasteiger partial charge in [-0.2, -0.15) is 5.26 Å². The molecule has 0 heterocycles. The summed E-state index contributed by atoms with van der Waals surface area (Å²) in [7, 11) is 1.49. The maximum absolute atomic E-state index is 11.8. The van der Waals surface area contributed by atoms with Crippen molar-refractivity contribution in [2.45, 2.75) is 0 Å². The van der Waals surface area contributed by atoms with Crippen LogP contribution in [0.4, 0.5) is 5.69 Å². The first-order chi connectivity index (χ1) is 12.1. The molecule has 128 valence electrons. The van der Waals surface area contributed by atoms with Crippen molar-refractivity contribution in [3.05, 3.63) is 54.1 Å². The molecule has 0 fully saturated rings. The molecule has 0 aromatic heterocycles. The van der Waals surface area contributed by atoms with Crippen molar-refractivity contribution in [1.82, 2.24) is 0 Å². The molecule has 7 nitrogen and oxygen atoms in total. The van der Waals surface area contributed by atoms with E-state index in [1.807, 2.05) is 6.07 Å². The first-order valence-corrected chi connectivity index (χ1v) is 7.34. The zero-order valence-electron chi connectivity index (χ0n) is 13.5. The normalized spacial score (nSPS) is 9.60. The molecule has 25 heavy (non-hydrogen) atoms. The maximum atomic E-state index is 11.8. The van der Waals surface area contributed by atoms with Crippen LogP contribution in [0.5, 0.6) is 11.5 Å². The summed E-state index contributed by atoms with van der Waals surface area (Å²) in [6.07, 6.45) is 0. The van der Waals surface area contributed by atoms with Gasteiger partial charge in [0.15, 0.2) is 24.7 Å². The van der Waals surface area contributed by atoms with Crippen LogP contribution in [0.1, 0.15) is 5.56 Å². The summed E-state index contributed by atoms with van der Waals surface area (Å²) >= 11 is 0. The number of benzene rings is 2. The van der Waals surface area contributed by atoms with Gasteiger partial charge in [0.05, 0.1) is 18.7 Å². The van der Waals surface area contributed by atoms with Crippen LogP contribution in [0, 0.1) is 11.3 Å². The van der Waals surface area contributed by atoms with E-state index in [0.717, 1.165) is 0 Å². The van der Waals surface area contributed by atoms with Gasteiger partial charge in [-0.15, -0.1) is 0 Å². The Labute approximate surface area is 144 Å². The summed E-state index contributed by atoms with van der Waals surface area (Å²) in [5, 5.41) is 11.3. The van der Waals surface area contributed by atoms with Crippen molar-refractivity contribution >= 4 is 17.6 Å². The second kappa shape index (κ2) is 8.93. The zero-order valence-corrected chi connectivity index (χ0v) is 13.5. The largest absolute Gasteiger partial charge is 0.493 e. The van der Waals surface area contributed by atoms with Crippen LogP contribution >= 0.6 is 0 Å². The molecule has 0 unspecified atom stereocenters. The highest BCUT2D eigenvalue weighted by molar-refractivity contribution is 5.93. The van der Waals surface area contributed by atoms with E-state index in [0.29, 0.717) is 22.7 Å². The minimum Gasteiger partial charge on any atom is -0.493 e. The van der Waals surface area contributed by atoms with Gasteiger partial charge >= 0.3 is 5.97 Å². The van der Waals surface area contributed by atoms with E-state index in [-0.39, 0.29) is 6.61 Å². The minimum atomic E-state index is -0.688. The number of carbonyl (C=O) groups is 2. The number of nitriles is 1. The lowest BCUT2D eigenvalue weighted by Crippen LogP contribution is -2.23. The summed E-state index contributed by atoms with van der Waals surface area (Å²) in [5.41, 5.74) is 0.866. The molecule has 0 saturated heterocycles. The van der Waals surface area contributed by atoms with E-state index < -0.39 is 18.5 Å². The number of rotatable bonds is 7. The Morgan fingerprint density at radius 1 is 1.08 bits per heavy atom. The summed E-state index contributed by atoms with van der Waals surface area (Å²) in [6, 6.07) is 15.2. The van der Waals surface area contributed by atoms with Crippen LogP contribution in [0.25, 0.3) is 0 Å². The molecule has 0 saturated carbocycles. The van der Waals surface area contributed by atoms with Gasteiger partial charge < -0.3 is 19.5 Å². The van der Waals surface area contributed by atoms with Crippen molar-refractivity contribution in [3.63, 3.8) is 0 Å². The summed E-state index contributed by atoms with van der Waals surface area (Å²) < 4.78 is 15.2. The third kappa shape index (κ3) is 5.55. The molecule has 0 aliphatic heterocycles. The van der Waals surface area contributed by atoms with E-state index in [9.17, 15) is 9.59 Å². The predicted octanol–water partition coefficient (Wildman–Crippen LogP) is 2.13. The highest BCUT2D eigenvalue weighted by Gasteiger charge is 2.10. The molecule has 2 aromatic carbocycles. The van der Waals surface area contributed by atoms with Crippen LogP contribution in [-0.4, -0.2) is 32.2 Å². The Morgan fingerprint density at radius 3 is 2.56 bits per heavy atom. The Bertz CT molecular complexity index is 798. The summed E-state index contributed by atoms with van der Waals surface area (Å²) in [6.45, 7) is -0.803. The number of ether oxygens (including phenoxy) is 3. The van der Waals surface area contributed by atoms with E-state index in [4.69, 9.17) is 19.5 Å². The van der Waals surface area contributed by atoms with Gasteiger partial charge in [-0.05, 0) is 30.3 Å². The first-order valence-electron chi connectivity index (χ1n) is 7.34. The average molecular weight is 340 g/mol. The Kier molecular flexibility index (Phi) is 6.37. The van der Waals surface area contributed by atoms with Crippen LogP contribution in [0.2, 0.25) is 0 Å². The van der Waals surface area contributed by atoms with E-state index in [1.54, 1.807) is 42.5 Å². The van der Waals surface area contributed by atoms with E-state index >= 15 is 0 Å². The van der Waals surface area contributed by atoms with Crippen molar-refractivity contribution in [2.24, 2.45) is 0 Å². The number of para-hydroxylation sites is 2. The highest BCUT2D eigenvalue weighted by Crippen LogP contribution is 2.25. The Balaban J connectivity index is 1.77. The Hall–Kier alpha value is -3.53. The number of nitrogens with one attached hydrogen (secondary N) is 1. The molecular formula is C18H16N2O5. The molecule has 0 atom stereocenters. The highest BCUT2D eigenvalue weighted by atomic mass is 16.6. The zero-order chi connectivity index (χ0) is 18.1. The quantitative estimate of drug-likeness (QED) is 0.776. The molecule has 7 heteroatoms. The second-order valence-electron chi connectivity index (χ2n) is 4.84. The number of methoxy groups -OCH3 is 1. The number of amides is 1. The minimum absolute atomic E-state index is 0.350. The van der Waals surface area contributed by atoms with Crippen LogP contribution < -0.4 is 14.8 Å². The molecule has 0 radical (unpaired) electrons. The molecule has 1 amide bonds. The van der Waals surface area contributed by atoms with Crippen molar-refractivity contribution in [1.29, 1.82) is 5.26 Å². The van der Waals surface area contributed by atoms with Crippen LogP contribution in [0.3, 0.4) is 0 Å². The van der Waals surface area contributed by atoms with Gasteiger partial charge in [-0.25, -0.2) is 4.79 Å². The van der Waals surface area contributed by atoms with E-state index in [2.05, 4.69) is 5.32 Å². The predicted molar refractivity (Wildman–Crippen MR) is 89.2 cm³/mol. The van der Waals surface area contributed by atoms with Crippen LogP contribution in [0.15, 0.2) is 48.5 Å². The monoisotopic (exact) mass is 340 g/mol. The SMILES string of the molecule is COc1ccccc1OCC(=O)OCC(=O)Nc1cccc(C#N)c1. The number of esters is 1. The van der Waals surface area contributed by atoms with Crippen molar-refractivity contribution < 1.29 is 23.8 Å². The lowest BCUT2D eigenvalue weighted by molar-refractivity contribution is -0.149. The van der Waals surface area contributed by atoms with Gasteiger partial charge in [0, 0.05) is 5.69 Å². The van der Waals surface area contributed by atoms with Gasteiger partial charge in [-0.1, -0.05) is 18.2 Å². The van der Waals surface area contributed by atoms with Gasteiger partial charge in [-0.3, -0.25) is 4.79 Å². The topological polar surface area (TPSA) is 97.7 Å². The molecular weight excluding hydrogens is 324 g/mol. The van der Waals surface area contributed by atoms with Gasteiger partial charge in [0.2, 0.25) is 0 Å². The van der Waals surface area contributed by atoms with Crippen LogP contribution in [-0.2, 0) is 14.3 Å². The molecule has 2 aromatic rings. The smallest absolute Gasteiger partial charge is 0.344 e. The number of carbonyl (C=O) groups excluding carboxylic acids is 2. The fourth-order valence-electron chi connectivity index (χ4n) is 1.93. The summed E-state index contributed by atoms with van der Waals surface area (Å²) in [4.78, 5) is 23.4. The molecule has 0 bridgehead atoms. The third-order valence-electron chi connectivity index (χ3n) is 3.05. The van der Waals surface area contributed by atoms with E-state index in [1.165, 1.54) is 13.2 Å². The number of nitrogens with zero attached hydrogens (tertiary/aromatic N) is 1. The molecule has 0 aliphatic carbocycles. The lowest BCUT2D eigenvalue weighted by atomic mass is 10.2. The fraction of sp³-hybridized carbons (Fsp3) is 0.167. The first kappa shape index (κ1) is 17.8.